The molecule has 18 heavy (non-hydrogen) atoms. The van der Waals surface area contributed by atoms with Crippen molar-refractivity contribution in [3.05, 3.63) is 65.2 Å². The van der Waals surface area contributed by atoms with E-state index in [1.54, 1.807) is 12.1 Å². The lowest BCUT2D eigenvalue weighted by atomic mass is 10.1. The second-order valence-electron chi connectivity index (χ2n) is 4.23. The molecule has 3 heteroatoms. The number of hydrogen-bond acceptors (Lipinski definition) is 2. The lowest BCUT2D eigenvalue weighted by molar-refractivity contribution is 0.100. The molecule has 0 radical (unpaired) electrons. The van der Waals surface area contributed by atoms with Gasteiger partial charge < -0.3 is 11.1 Å². The number of para-hydroxylation sites is 1. The molecule has 0 aliphatic rings. The lowest BCUT2D eigenvalue weighted by Crippen LogP contribution is -2.10. The van der Waals surface area contributed by atoms with Crippen LogP contribution in [0.4, 0.5) is 5.69 Å². The topological polar surface area (TPSA) is 55.1 Å². The Morgan fingerprint density at radius 1 is 1.11 bits per heavy atom. The number of anilines is 1. The van der Waals surface area contributed by atoms with E-state index in [9.17, 15) is 4.79 Å². The van der Waals surface area contributed by atoms with E-state index in [4.69, 9.17) is 5.73 Å². The number of primary amides is 1. The molecule has 0 saturated heterocycles. The van der Waals surface area contributed by atoms with Crippen molar-refractivity contribution in [1.82, 2.24) is 0 Å². The van der Waals surface area contributed by atoms with Crippen molar-refractivity contribution in [2.75, 3.05) is 5.32 Å². The fraction of sp³-hybridized carbons (Fsp3) is 0.133. The van der Waals surface area contributed by atoms with E-state index in [0.29, 0.717) is 5.56 Å². The average molecular weight is 240 g/mol. The van der Waals surface area contributed by atoms with E-state index >= 15 is 0 Å². The maximum Gasteiger partial charge on any atom is 0.248 e. The van der Waals surface area contributed by atoms with E-state index < -0.39 is 5.91 Å². The molecule has 0 heterocycles. The number of nitrogens with two attached hydrogens (primary N) is 1. The summed E-state index contributed by atoms with van der Waals surface area (Å²) >= 11 is 0. The summed E-state index contributed by atoms with van der Waals surface area (Å²) in [5, 5.41) is 3.36. The van der Waals surface area contributed by atoms with Crippen molar-refractivity contribution in [3.8, 4) is 0 Å². The number of benzene rings is 2. The molecule has 0 aliphatic heterocycles. The van der Waals surface area contributed by atoms with Gasteiger partial charge in [-0.25, -0.2) is 0 Å². The van der Waals surface area contributed by atoms with E-state index in [1.165, 1.54) is 5.56 Å². The van der Waals surface area contributed by atoms with Crippen LogP contribution in [0, 0.1) is 6.92 Å². The first-order valence-electron chi connectivity index (χ1n) is 5.85. The fourth-order valence-electron chi connectivity index (χ4n) is 1.76. The molecule has 0 aliphatic carbocycles. The van der Waals surface area contributed by atoms with Gasteiger partial charge in [0.1, 0.15) is 0 Å². The first-order chi connectivity index (χ1) is 8.66. The van der Waals surface area contributed by atoms with Gasteiger partial charge in [-0.3, -0.25) is 4.79 Å². The van der Waals surface area contributed by atoms with Gasteiger partial charge in [0.05, 0.1) is 0 Å². The molecule has 2 aromatic carbocycles. The molecule has 0 fully saturated rings. The minimum absolute atomic E-state index is 0.395. The van der Waals surface area contributed by atoms with Crippen molar-refractivity contribution in [1.29, 1.82) is 0 Å². The van der Waals surface area contributed by atoms with Gasteiger partial charge >= 0.3 is 0 Å². The van der Waals surface area contributed by atoms with Gasteiger partial charge in [0, 0.05) is 17.8 Å². The van der Waals surface area contributed by atoms with Gasteiger partial charge in [-0.05, 0) is 36.2 Å². The third-order valence-corrected chi connectivity index (χ3v) is 2.87. The number of carbonyl (C=O) groups excluding carboxylic acids is 1. The molecular weight excluding hydrogens is 224 g/mol. The zero-order valence-electron chi connectivity index (χ0n) is 10.3. The SMILES string of the molecule is Cc1ccccc1NCc1ccc(C(N)=O)cc1. The number of hydrogen-bond donors (Lipinski definition) is 2. The van der Waals surface area contributed by atoms with Crippen molar-refractivity contribution >= 4 is 11.6 Å². The smallest absolute Gasteiger partial charge is 0.248 e. The summed E-state index contributed by atoms with van der Waals surface area (Å²) < 4.78 is 0. The second kappa shape index (κ2) is 5.36. The monoisotopic (exact) mass is 240 g/mol. The van der Waals surface area contributed by atoms with Crippen molar-refractivity contribution in [2.45, 2.75) is 13.5 Å². The maximum atomic E-state index is 10.9. The molecule has 0 bridgehead atoms. The number of aryl methyl sites for hydroxylation is 1. The number of carbonyl (C=O) groups is 1. The van der Waals surface area contributed by atoms with Crippen molar-refractivity contribution in [2.24, 2.45) is 5.73 Å². The van der Waals surface area contributed by atoms with Crippen LogP contribution in [0.5, 0.6) is 0 Å². The van der Waals surface area contributed by atoms with Crippen LogP contribution in [0.3, 0.4) is 0 Å². The van der Waals surface area contributed by atoms with Crippen LogP contribution in [0.15, 0.2) is 48.5 Å². The Hall–Kier alpha value is -2.29. The molecule has 92 valence electrons. The summed E-state index contributed by atoms with van der Waals surface area (Å²) in [6, 6.07) is 15.4. The Balaban J connectivity index is 2.02. The number of nitrogens with one attached hydrogen (secondary N) is 1. The molecule has 2 rings (SSSR count). The zero-order chi connectivity index (χ0) is 13.0. The largest absolute Gasteiger partial charge is 0.381 e. The van der Waals surface area contributed by atoms with Crippen LogP contribution in [-0.2, 0) is 6.54 Å². The van der Waals surface area contributed by atoms with Crippen LogP contribution < -0.4 is 11.1 Å². The molecule has 3 nitrogen and oxygen atoms in total. The molecule has 1 amide bonds. The number of rotatable bonds is 4. The summed E-state index contributed by atoms with van der Waals surface area (Å²) in [7, 11) is 0. The Morgan fingerprint density at radius 2 is 1.78 bits per heavy atom. The second-order valence-corrected chi connectivity index (χ2v) is 4.23. The minimum Gasteiger partial charge on any atom is -0.381 e. The Kier molecular flexibility index (Phi) is 3.63. The predicted octanol–water partition coefficient (Wildman–Crippen LogP) is 2.71. The predicted molar refractivity (Wildman–Crippen MR) is 73.5 cm³/mol. The maximum absolute atomic E-state index is 10.9. The van der Waals surface area contributed by atoms with Gasteiger partial charge in [0.15, 0.2) is 0 Å². The van der Waals surface area contributed by atoms with E-state index in [-0.39, 0.29) is 0 Å². The highest BCUT2D eigenvalue weighted by molar-refractivity contribution is 5.92. The number of amides is 1. The summed E-state index contributed by atoms with van der Waals surface area (Å²) in [6.07, 6.45) is 0. The lowest BCUT2D eigenvalue weighted by Gasteiger charge is -2.09. The molecule has 2 aromatic rings. The third-order valence-electron chi connectivity index (χ3n) is 2.87. The highest BCUT2D eigenvalue weighted by Crippen LogP contribution is 2.14. The summed E-state index contributed by atoms with van der Waals surface area (Å²) in [5.74, 6) is -0.395. The first kappa shape index (κ1) is 12.2. The minimum atomic E-state index is -0.395. The third kappa shape index (κ3) is 2.88. The molecule has 0 aromatic heterocycles. The van der Waals surface area contributed by atoms with Crippen LogP contribution >= 0.6 is 0 Å². The molecule has 0 saturated carbocycles. The highest BCUT2D eigenvalue weighted by Gasteiger charge is 2.00. The summed E-state index contributed by atoms with van der Waals surface area (Å²) in [4.78, 5) is 10.9. The zero-order valence-corrected chi connectivity index (χ0v) is 10.3. The average Bonchev–Trinajstić information content (AvgIpc) is 2.38. The van der Waals surface area contributed by atoms with Gasteiger partial charge in [-0.1, -0.05) is 30.3 Å². The first-order valence-corrected chi connectivity index (χ1v) is 5.85. The summed E-state index contributed by atoms with van der Waals surface area (Å²) in [5.41, 5.74) is 9.18. The molecule has 3 N–H and O–H groups in total. The van der Waals surface area contributed by atoms with E-state index in [0.717, 1.165) is 17.8 Å². The molecular formula is C15H16N2O. The van der Waals surface area contributed by atoms with Crippen LogP contribution in [0.1, 0.15) is 21.5 Å². The Morgan fingerprint density at radius 3 is 2.39 bits per heavy atom. The van der Waals surface area contributed by atoms with Crippen molar-refractivity contribution in [3.63, 3.8) is 0 Å². The van der Waals surface area contributed by atoms with Gasteiger partial charge in [-0.15, -0.1) is 0 Å². The van der Waals surface area contributed by atoms with Gasteiger partial charge in [0.25, 0.3) is 0 Å². The highest BCUT2D eigenvalue weighted by atomic mass is 16.1. The van der Waals surface area contributed by atoms with Crippen LogP contribution in [0.25, 0.3) is 0 Å². The molecule has 0 spiro atoms. The molecule has 0 unspecified atom stereocenters. The van der Waals surface area contributed by atoms with Gasteiger partial charge in [0.2, 0.25) is 5.91 Å². The van der Waals surface area contributed by atoms with Crippen LogP contribution in [-0.4, -0.2) is 5.91 Å². The Bertz CT molecular complexity index is 547. The van der Waals surface area contributed by atoms with Crippen molar-refractivity contribution < 1.29 is 4.79 Å². The summed E-state index contributed by atoms with van der Waals surface area (Å²) in [6.45, 7) is 2.79. The van der Waals surface area contributed by atoms with Gasteiger partial charge in [-0.2, -0.15) is 0 Å². The molecule has 0 atom stereocenters. The van der Waals surface area contributed by atoms with Crippen LogP contribution in [0.2, 0.25) is 0 Å². The fourth-order valence-corrected chi connectivity index (χ4v) is 1.76. The Labute approximate surface area is 107 Å². The van der Waals surface area contributed by atoms with E-state index in [1.807, 2.05) is 30.3 Å². The quantitative estimate of drug-likeness (QED) is 0.863. The standard InChI is InChI=1S/C15H16N2O/c1-11-4-2-3-5-14(11)17-10-12-6-8-13(9-7-12)15(16)18/h2-9,17H,10H2,1H3,(H2,16,18). The van der Waals surface area contributed by atoms with E-state index in [2.05, 4.69) is 18.3 Å². The normalized spacial score (nSPS) is 10.1.